The molecule has 0 fully saturated rings. The van der Waals surface area contributed by atoms with Crippen LogP contribution in [-0.4, -0.2) is 12.6 Å². The van der Waals surface area contributed by atoms with Gasteiger partial charge < -0.3 is 4.74 Å². The summed E-state index contributed by atoms with van der Waals surface area (Å²) < 4.78 is 4.99. The molecule has 1 aromatic rings. The van der Waals surface area contributed by atoms with Crippen molar-refractivity contribution in [3.8, 4) is 0 Å². The lowest BCUT2D eigenvalue weighted by Gasteiger charge is -2.15. The molecule has 0 atom stereocenters. The molecule has 0 aromatic heterocycles. The van der Waals surface area contributed by atoms with E-state index < -0.39 is 0 Å². The van der Waals surface area contributed by atoms with E-state index in [1.165, 1.54) is 23.6 Å². The topological polar surface area (TPSA) is 26.3 Å². The lowest BCUT2D eigenvalue weighted by molar-refractivity contribution is -0.140. The smallest absolute Gasteiger partial charge is 0.302 e. The zero-order chi connectivity index (χ0) is 10.7. The molecular formula is C13H14O2. The molecule has 0 unspecified atom stereocenters. The van der Waals surface area contributed by atoms with Crippen molar-refractivity contribution in [3.63, 3.8) is 0 Å². The third kappa shape index (κ3) is 2.46. The molecule has 0 spiro atoms. The van der Waals surface area contributed by atoms with Crippen molar-refractivity contribution in [2.45, 2.75) is 19.8 Å². The molecule has 0 aliphatic heterocycles. The first-order chi connectivity index (χ1) is 7.25. The van der Waals surface area contributed by atoms with E-state index in [1.807, 2.05) is 6.07 Å². The maximum atomic E-state index is 10.7. The summed E-state index contributed by atoms with van der Waals surface area (Å²) in [6.45, 7) is 1.88. The maximum absolute atomic E-state index is 10.7. The van der Waals surface area contributed by atoms with Crippen LogP contribution >= 0.6 is 0 Å². The van der Waals surface area contributed by atoms with Crippen LogP contribution in [0.25, 0.3) is 6.08 Å². The van der Waals surface area contributed by atoms with Crippen LogP contribution in [0, 0.1) is 0 Å². The molecule has 0 amide bonds. The first-order valence-electron chi connectivity index (χ1n) is 5.16. The van der Waals surface area contributed by atoms with Gasteiger partial charge in [-0.1, -0.05) is 30.3 Å². The van der Waals surface area contributed by atoms with Gasteiger partial charge in [0.05, 0.1) is 0 Å². The van der Waals surface area contributed by atoms with E-state index in [0.29, 0.717) is 6.61 Å². The number of hydrogen-bond donors (Lipinski definition) is 0. The summed E-state index contributed by atoms with van der Waals surface area (Å²) >= 11 is 0. The molecule has 2 heteroatoms. The predicted molar refractivity (Wildman–Crippen MR) is 59.4 cm³/mol. The molecule has 0 bridgehead atoms. The fourth-order valence-corrected chi connectivity index (χ4v) is 1.80. The average molecular weight is 202 g/mol. The van der Waals surface area contributed by atoms with E-state index >= 15 is 0 Å². The third-order valence-electron chi connectivity index (χ3n) is 2.59. The first kappa shape index (κ1) is 9.97. The van der Waals surface area contributed by atoms with Crippen LogP contribution in [0.2, 0.25) is 0 Å². The minimum Gasteiger partial charge on any atom is -0.461 e. The Kier molecular flexibility index (Phi) is 2.86. The normalized spacial score (nSPS) is 14.1. The van der Waals surface area contributed by atoms with E-state index in [0.717, 1.165) is 12.8 Å². The van der Waals surface area contributed by atoms with Gasteiger partial charge in [-0.25, -0.2) is 0 Å². The van der Waals surface area contributed by atoms with Crippen LogP contribution in [0.15, 0.2) is 29.8 Å². The highest BCUT2D eigenvalue weighted by Gasteiger charge is 2.10. The van der Waals surface area contributed by atoms with E-state index in [1.54, 1.807) is 0 Å². The number of carbonyl (C=O) groups is 1. The van der Waals surface area contributed by atoms with E-state index in [4.69, 9.17) is 4.74 Å². The zero-order valence-corrected chi connectivity index (χ0v) is 8.82. The molecule has 78 valence electrons. The number of carbonyl (C=O) groups excluding carboxylic acids is 1. The Balaban J connectivity index is 2.11. The van der Waals surface area contributed by atoms with Crippen LogP contribution in [0.5, 0.6) is 0 Å². The standard InChI is InChI=1S/C13H14O2/c1-10(14)15-9-11-6-7-12-4-2-3-5-13(12)8-11/h2-5,8H,6-7,9H2,1H3. The number of ether oxygens (including phenoxy) is 1. The van der Waals surface area contributed by atoms with Gasteiger partial charge in [-0.15, -0.1) is 0 Å². The van der Waals surface area contributed by atoms with E-state index in [2.05, 4.69) is 24.3 Å². The van der Waals surface area contributed by atoms with Gasteiger partial charge in [-0.05, 0) is 29.5 Å². The number of fused-ring (bicyclic) bond motifs is 1. The molecule has 15 heavy (non-hydrogen) atoms. The highest BCUT2D eigenvalue weighted by molar-refractivity contribution is 5.67. The van der Waals surface area contributed by atoms with Crippen molar-refractivity contribution in [2.24, 2.45) is 0 Å². The summed E-state index contributed by atoms with van der Waals surface area (Å²) in [6.07, 6.45) is 4.16. The molecule has 0 saturated carbocycles. The number of aryl methyl sites for hydroxylation is 1. The third-order valence-corrected chi connectivity index (χ3v) is 2.59. The van der Waals surface area contributed by atoms with Gasteiger partial charge in [0.15, 0.2) is 0 Å². The van der Waals surface area contributed by atoms with Gasteiger partial charge >= 0.3 is 5.97 Å². The number of hydrogen-bond acceptors (Lipinski definition) is 2. The van der Waals surface area contributed by atoms with Gasteiger partial charge in [0.2, 0.25) is 0 Å². The lowest BCUT2D eigenvalue weighted by atomic mass is 9.93. The van der Waals surface area contributed by atoms with E-state index in [-0.39, 0.29) is 5.97 Å². The number of esters is 1. The summed E-state index contributed by atoms with van der Waals surface area (Å²) in [4.78, 5) is 10.7. The van der Waals surface area contributed by atoms with Gasteiger partial charge in [-0.3, -0.25) is 4.79 Å². The predicted octanol–water partition coefficient (Wildman–Crippen LogP) is 2.58. The monoisotopic (exact) mass is 202 g/mol. The highest BCUT2D eigenvalue weighted by Crippen LogP contribution is 2.23. The van der Waals surface area contributed by atoms with Crippen LogP contribution in [0.1, 0.15) is 24.5 Å². The Morgan fingerprint density at radius 1 is 1.33 bits per heavy atom. The molecular weight excluding hydrogens is 188 g/mol. The largest absolute Gasteiger partial charge is 0.461 e. The van der Waals surface area contributed by atoms with Crippen LogP contribution < -0.4 is 0 Å². The van der Waals surface area contributed by atoms with Crippen molar-refractivity contribution < 1.29 is 9.53 Å². The molecule has 1 aliphatic carbocycles. The zero-order valence-electron chi connectivity index (χ0n) is 8.82. The molecule has 0 saturated heterocycles. The number of benzene rings is 1. The second-order valence-electron chi connectivity index (χ2n) is 3.78. The van der Waals surface area contributed by atoms with Crippen molar-refractivity contribution in [2.75, 3.05) is 6.61 Å². The van der Waals surface area contributed by atoms with Crippen molar-refractivity contribution in [3.05, 3.63) is 41.0 Å². The Morgan fingerprint density at radius 2 is 2.13 bits per heavy atom. The van der Waals surface area contributed by atoms with E-state index in [9.17, 15) is 4.79 Å². The number of rotatable bonds is 2. The summed E-state index contributed by atoms with van der Waals surface area (Å²) in [5.41, 5.74) is 3.83. The Labute approximate surface area is 89.6 Å². The average Bonchev–Trinajstić information content (AvgIpc) is 2.26. The molecule has 0 N–H and O–H groups in total. The molecule has 1 aromatic carbocycles. The second-order valence-corrected chi connectivity index (χ2v) is 3.78. The van der Waals surface area contributed by atoms with Crippen LogP contribution in [-0.2, 0) is 16.0 Å². The van der Waals surface area contributed by atoms with Gasteiger partial charge in [0.25, 0.3) is 0 Å². The highest BCUT2D eigenvalue weighted by atomic mass is 16.5. The van der Waals surface area contributed by atoms with Gasteiger partial charge in [-0.2, -0.15) is 0 Å². The second kappa shape index (κ2) is 4.30. The lowest BCUT2D eigenvalue weighted by Crippen LogP contribution is -2.07. The first-order valence-corrected chi connectivity index (χ1v) is 5.16. The summed E-state index contributed by atoms with van der Waals surface area (Å²) in [7, 11) is 0. The Morgan fingerprint density at radius 3 is 2.93 bits per heavy atom. The van der Waals surface area contributed by atoms with Crippen molar-refractivity contribution >= 4 is 12.0 Å². The fraction of sp³-hybridized carbons (Fsp3) is 0.308. The molecule has 2 nitrogen and oxygen atoms in total. The minimum absolute atomic E-state index is 0.213. The Hall–Kier alpha value is -1.57. The molecule has 0 heterocycles. The molecule has 1 aliphatic rings. The fourth-order valence-electron chi connectivity index (χ4n) is 1.80. The molecule has 0 radical (unpaired) electrons. The summed E-state index contributed by atoms with van der Waals surface area (Å²) in [5, 5.41) is 0. The van der Waals surface area contributed by atoms with Gasteiger partial charge in [0.1, 0.15) is 6.61 Å². The maximum Gasteiger partial charge on any atom is 0.302 e. The molecule has 2 rings (SSSR count). The van der Waals surface area contributed by atoms with Gasteiger partial charge in [0, 0.05) is 6.92 Å². The van der Waals surface area contributed by atoms with Crippen LogP contribution in [0.3, 0.4) is 0 Å². The van der Waals surface area contributed by atoms with Crippen molar-refractivity contribution in [1.29, 1.82) is 0 Å². The SMILES string of the molecule is CC(=O)OCC1=Cc2ccccc2CC1. The van der Waals surface area contributed by atoms with Crippen molar-refractivity contribution in [1.82, 2.24) is 0 Å². The minimum atomic E-state index is -0.213. The summed E-state index contributed by atoms with van der Waals surface area (Å²) in [6, 6.07) is 8.34. The summed E-state index contributed by atoms with van der Waals surface area (Å²) in [5.74, 6) is -0.213. The van der Waals surface area contributed by atoms with Crippen LogP contribution in [0.4, 0.5) is 0 Å². The quantitative estimate of drug-likeness (QED) is 0.689. The Bertz CT molecular complexity index is 405.